The van der Waals surface area contributed by atoms with Gasteiger partial charge in [0.15, 0.2) is 0 Å². The van der Waals surface area contributed by atoms with Crippen LogP contribution in [0, 0.1) is 5.92 Å². The van der Waals surface area contributed by atoms with Gasteiger partial charge in [-0.25, -0.2) is 22.7 Å². The summed E-state index contributed by atoms with van der Waals surface area (Å²) in [5, 5.41) is 2.50. The lowest BCUT2D eigenvalue weighted by Crippen LogP contribution is -2.53. The Morgan fingerprint density at radius 2 is 1.49 bits per heavy atom. The van der Waals surface area contributed by atoms with Crippen molar-refractivity contribution in [2.75, 3.05) is 5.75 Å². The number of rotatable bonds is 14. The maximum absolute atomic E-state index is 13.5. The molecule has 0 aliphatic carbocycles. The van der Waals surface area contributed by atoms with Gasteiger partial charge < -0.3 is 19.5 Å². The summed E-state index contributed by atoms with van der Waals surface area (Å²) in [5.41, 5.74) is -0.973. The molecule has 1 rings (SSSR count). The third-order valence-electron chi connectivity index (χ3n) is 5.35. The highest BCUT2D eigenvalue weighted by Gasteiger charge is 2.39. The molecule has 41 heavy (non-hydrogen) atoms. The SMILES string of the molecule is C=CC[C@@H](CS(=O)(=O)NC(C[Si](C)(C)C)C(=O)OC(C)(C)C)[C@H](NC(=O)OCc1ccccc1)C(=O)OC(C)(C)C. The number of hydrogen-bond donors (Lipinski definition) is 2. The first-order chi connectivity index (χ1) is 18.6. The van der Waals surface area contributed by atoms with Crippen LogP contribution in [0.1, 0.15) is 53.5 Å². The predicted octanol–water partition coefficient (Wildman–Crippen LogP) is 4.78. The molecule has 232 valence electrons. The van der Waals surface area contributed by atoms with Crippen LogP contribution in [0.3, 0.4) is 0 Å². The standard InChI is InChI=1S/C29H48N2O8SSi/c1-11-15-22(19-40(35,36)31-23(20-41(8,9)10)25(32)38-28(2,3)4)24(26(33)39-29(5,6)7)30-27(34)37-18-21-16-13-12-14-17-21/h11-14,16-17,22-24,31H,1,15,18-20H2,2-10H3,(H,30,34)/t22-,23?,24-/m0/s1. The van der Waals surface area contributed by atoms with Gasteiger partial charge in [-0.2, -0.15) is 0 Å². The average molecular weight is 613 g/mol. The van der Waals surface area contributed by atoms with Crippen LogP contribution in [0.15, 0.2) is 43.0 Å². The Hall–Kier alpha value is -2.70. The van der Waals surface area contributed by atoms with Crippen LogP contribution in [0.5, 0.6) is 0 Å². The van der Waals surface area contributed by atoms with Crippen molar-refractivity contribution in [3.8, 4) is 0 Å². The molecule has 1 unspecified atom stereocenters. The molecule has 0 radical (unpaired) electrons. The van der Waals surface area contributed by atoms with Gasteiger partial charge in [0.05, 0.1) is 5.75 Å². The second kappa shape index (κ2) is 15.0. The van der Waals surface area contributed by atoms with Crippen molar-refractivity contribution in [1.82, 2.24) is 10.0 Å². The Morgan fingerprint density at radius 1 is 0.951 bits per heavy atom. The highest BCUT2D eigenvalue weighted by Crippen LogP contribution is 2.21. The van der Waals surface area contributed by atoms with Crippen molar-refractivity contribution in [1.29, 1.82) is 0 Å². The summed E-state index contributed by atoms with van der Waals surface area (Å²) in [5.74, 6) is -3.06. The summed E-state index contributed by atoms with van der Waals surface area (Å²) in [6, 6.07) is 6.82. The largest absolute Gasteiger partial charge is 0.459 e. The fourth-order valence-corrected chi connectivity index (χ4v) is 7.09. The predicted molar refractivity (Wildman–Crippen MR) is 162 cm³/mol. The highest BCUT2D eigenvalue weighted by molar-refractivity contribution is 7.89. The quantitative estimate of drug-likeness (QED) is 0.133. The molecule has 12 heteroatoms. The molecule has 0 heterocycles. The van der Waals surface area contributed by atoms with Gasteiger partial charge in [-0.05, 0) is 59.6 Å². The number of esters is 2. The molecule has 2 N–H and O–H groups in total. The highest BCUT2D eigenvalue weighted by atomic mass is 32.2. The van der Waals surface area contributed by atoms with E-state index in [4.69, 9.17) is 14.2 Å². The fraction of sp³-hybridized carbons (Fsp3) is 0.621. The second-order valence-corrected chi connectivity index (χ2v) is 20.6. The number of alkyl carbamates (subject to hydrolysis) is 1. The van der Waals surface area contributed by atoms with Gasteiger partial charge in [0.25, 0.3) is 0 Å². The van der Waals surface area contributed by atoms with Crippen molar-refractivity contribution in [3.05, 3.63) is 48.6 Å². The Balaban J connectivity index is 3.25. The molecule has 0 aliphatic heterocycles. The third-order valence-corrected chi connectivity index (χ3v) is 8.49. The third kappa shape index (κ3) is 15.8. The summed E-state index contributed by atoms with van der Waals surface area (Å²) in [6.45, 7) is 19.8. The van der Waals surface area contributed by atoms with E-state index in [1.165, 1.54) is 6.08 Å². The second-order valence-electron chi connectivity index (χ2n) is 13.3. The summed E-state index contributed by atoms with van der Waals surface area (Å²) in [7, 11) is -6.10. The van der Waals surface area contributed by atoms with Gasteiger partial charge in [0.1, 0.15) is 29.9 Å². The molecule has 0 aromatic heterocycles. The number of sulfonamides is 1. The van der Waals surface area contributed by atoms with E-state index >= 15 is 0 Å². The first-order valence-electron chi connectivity index (χ1n) is 13.6. The summed E-state index contributed by atoms with van der Waals surface area (Å²) in [6.07, 6.45) is 0.603. The Labute approximate surface area is 246 Å². The molecular formula is C29H48N2O8SSi. The normalized spacial score (nSPS) is 14.8. The topological polar surface area (TPSA) is 137 Å². The zero-order valence-corrected chi connectivity index (χ0v) is 27.7. The first kappa shape index (κ1) is 36.3. The Bertz CT molecular complexity index is 1140. The minimum atomic E-state index is -4.16. The molecular weight excluding hydrogens is 564 g/mol. The molecule has 0 fully saturated rings. The summed E-state index contributed by atoms with van der Waals surface area (Å²) >= 11 is 0. The zero-order valence-electron chi connectivity index (χ0n) is 25.9. The van der Waals surface area contributed by atoms with Crippen molar-refractivity contribution in [2.45, 2.75) is 104 Å². The number of allylic oxidation sites excluding steroid dienone is 1. The van der Waals surface area contributed by atoms with Crippen LogP contribution in [0.4, 0.5) is 4.79 Å². The zero-order chi connectivity index (χ0) is 31.6. The van der Waals surface area contributed by atoms with Gasteiger partial charge in [-0.1, -0.05) is 56.0 Å². The summed E-state index contributed by atoms with van der Waals surface area (Å²) in [4.78, 5) is 38.9. The number of ether oxygens (including phenoxy) is 3. The smallest absolute Gasteiger partial charge is 0.408 e. The van der Waals surface area contributed by atoms with Crippen molar-refractivity contribution in [2.24, 2.45) is 5.92 Å². The number of hydrogen-bond acceptors (Lipinski definition) is 8. The molecule has 0 aliphatic rings. The number of carbonyl (C=O) groups is 3. The number of benzene rings is 1. The number of carbonyl (C=O) groups excluding carboxylic acids is 3. The maximum Gasteiger partial charge on any atom is 0.408 e. The van der Waals surface area contributed by atoms with Crippen molar-refractivity contribution < 1.29 is 37.0 Å². The van der Waals surface area contributed by atoms with E-state index in [1.54, 1.807) is 65.8 Å². The Kier molecular flexibility index (Phi) is 13.3. The van der Waals surface area contributed by atoms with Gasteiger partial charge in [0, 0.05) is 14.0 Å². The van der Waals surface area contributed by atoms with E-state index in [2.05, 4.69) is 16.6 Å². The molecule has 3 atom stereocenters. The lowest BCUT2D eigenvalue weighted by Gasteiger charge is -2.30. The van der Waals surface area contributed by atoms with Gasteiger partial charge in [0.2, 0.25) is 10.0 Å². The molecule has 0 saturated heterocycles. The van der Waals surface area contributed by atoms with Gasteiger partial charge in [-0.3, -0.25) is 4.79 Å². The minimum absolute atomic E-state index is 0.0477. The van der Waals surface area contributed by atoms with Crippen LogP contribution in [-0.4, -0.2) is 63.6 Å². The van der Waals surface area contributed by atoms with Crippen LogP contribution in [0.25, 0.3) is 0 Å². The molecule has 1 amide bonds. The minimum Gasteiger partial charge on any atom is -0.459 e. The molecule has 0 bridgehead atoms. The lowest BCUT2D eigenvalue weighted by atomic mass is 9.98. The van der Waals surface area contributed by atoms with E-state index < -0.39 is 71.1 Å². The summed E-state index contributed by atoms with van der Waals surface area (Å²) < 4.78 is 45.7. The van der Waals surface area contributed by atoms with E-state index in [-0.39, 0.29) is 13.0 Å². The monoisotopic (exact) mass is 612 g/mol. The van der Waals surface area contributed by atoms with Crippen LogP contribution in [0.2, 0.25) is 25.7 Å². The molecule has 0 spiro atoms. The molecule has 10 nitrogen and oxygen atoms in total. The van der Waals surface area contributed by atoms with Crippen molar-refractivity contribution in [3.63, 3.8) is 0 Å². The maximum atomic E-state index is 13.5. The van der Waals surface area contributed by atoms with Gasteiger partial charge in [-0.15, -0.1) is 6.58 Å². The molecule has 1 aromatic carbocycles. The van der Waals surface area contributed by atoms with Crippen LogP contribution in [-0.2, 0) is 40.4 Å². The molecule has 0 saturated carbocycles. The fourth-order valence-electron chi connectivity index (χ4n) is 3.85. The number of nitrogens with one attached hydrogen (secondary N) is 2. The first-order valence-corrected chi connectivity index (χ1v) is 19.0. The van der Waals surface area contributed by atoms with E-state index in [9.17, 15) is 22.8 Å². The van der Waals surface area contributed by atoms with Crippen LogP contribution < -0.4 is 10.0 Å². The van der Waals surface area contributed by atoms with Crippen LogP contribution >= 0.6 is 0 Å². The average Bonchev–Trinajstić information content (AvgIpc) is 2.77. The van der Waals surface area contributed by atoms with E-state index in [0.717, 1.165) is 5.56 Å². The van der Waals surface area contributed by atoms with Gasteiger partial charge >= 0.3 is 18.0 Å². The Morgan fingerprint density at radius 3 is 1.98 bits per heavy atom. The number of amides is 1. The van der Waals surface area contributed by atoms with E-state index in [0.29, 0.717) is 6.04 Å². The lowest BCUT2D eigenvalue weighted by molar-refractivity contribution is -0.159. The molecule has 1 aromatic rings. The van der Waals surface area contributed by atoms with E-state index in [1.807, 2.05) is 25.7 Å². The van der Waals surface area contributed by atoms with Crippen molar-refractivity contribution >= 4 is 36.1 Å².